The van der Waals surface area contributed by atoms with E-state index in [2.05, 4.69) is 57.1 Å². The van der Waals surface area contributed by atoms with Gasteiger partial charge in [-0.3, -0.25) is 4.98 Å². The van der Waals surface area contributed by atoms with Crippen molar-refractivity contribution >= 4 is 16.6 Å². The van der Waals surface area contributed by atoms with Gasteiger partial charge in [0, 0.05) is 47.9 Å². The van der Waals surface area contributed by atoms with E-state index in [9.17, 15) is 5.11 Å². The molecule has 1 aliphatic carbocycles. The van der Waals surface area contributed by atoms with Crippen LogP contribution in [0.5, 0.6) is 0 Å². The summed E-state index contributed by atoms with van der Waals surface area (Å²) in [6, 6.07) is 5.98. The number of hydrogen-bond acceptors (Lipinski definition) is 4. The van der Waals surface area contributed by atoms with Gasteiger partial charge in [-0.25, -0.2) is 0 Å². The largest absolute Gasteiger partial charge is 0.511 e. The molecule has 0 saturated carbocycles. The van der Waals surface area contributed by atoms with Crippen molar-refractivity contribution in [1.82, 2.24) is 10.3 Å². The predicted octanol–water partition coefficient (Wildman–Crippen LogP) is 5.14. The minimum atomic E-state index is -0.319. The van der Waals surface area contributed by atoms with Gasteiger partial charge in [0.1, 0.15) is 5.76 Å². The number of pyridine rings is 1. The molecule has 4 rings (SSSR count). The Morgan fingerprint density at radius 3 is 2.76 bits per heavy atom. The van der Waals surface area contributed by atoms with Crippen molar-refractivity contribution in [1.29, 1.82) is 0 Å². The van der Waals surface area contributed by atoms with Crippen LogP contribution in [0.4, 0.5) is 0 Å². The van der Waals surface area contributed by atoms with Crippen LogP contribution in [0, 0.1) is 0 Å². The number of aliphatic hydroxyl groups is 1. The maximum absolute atomic E-state index is 10.4. The molecular weight excluding hydrogens is 360 g/mol. The molecule has 1 aromatic heterocycles. The molecule has 2 heterocycles. The molecule has 1 aliphatic heterocycles. The molecule has 2 aliphatic rings. The summed E-state index contributed by atoms with van der Waals surface area (Å²) in [5.41, 5.74) is 7.15. The van der Waals surface area contributed by atoms with Gasteiger partial charge in [-0.05, 0) is 34.8 Å². The highest BCUT2D eigenvalue weighted by atomic mass is 16.5. The first-order valence-electron chi connectivity index (χ1n) is 9.95. The molecule has 0 saturated heterocycles. The van der Waals surface area contributed by atoms with Crippen molar-refractivity contribution < 1.29 is 9.84 Å². The van der Waals surface area contributed by atoms with E-state index < -0.39 is 0 Å². The molecule has 2 N–H and O–H groups in total. The summed E-state index contributed by atoms with van der Waals surface area (Å²) in [6.07, 6.45) is 4.51. The van der Waals surface area contributed by atoms with Gasteiger partial charge in [-0.2, -0.15) is 0 Å². The van der Waals surface area contributed by atoms with E-state index in [1.807, 2.05) is 6.20 Å². The van der Waals surface area contributed by atoms with Crippen LogP contribution in [-0.4, -0.2) is 29.8 Å². The second kappa shape index (κ2) is 6.89. The Morgan fingerprint density at radius 1 is 1.34 bits per heavy atom. The molecule has 2 atom stereocenters. The number of nitrogens with zero attached hydrogens (tertiary/aromatic N) is 1. The van der Waals surface area contributed by atoms with Gasteiger partial charge in [0.15, 0.2) is 0 Å². The summed E-state index contributed by atoms with van der Waals surface area (Å²) in [5.74, 6) is 0.125. The Bertz CT molecular complexity index is 1080. The lowest BCUT2D eigenvalue weighted by Crippen LogP contribution is -2.44. The number of aromatic nitrogens is 1. The molecule has 0 spiro atoms. The first-order chi connectivity index (χ1) is 13.8. The second-order valence-corrected chi connectivity index (χ2v) is 8.39. The van der Waals surface area contributed by atoms with E-state index in [0.717, 1.165) is 39.9 Å². The molecule has 4 nitrogen and oxygen atoms in total. The molecule has 1 aromatic carbocycles. The van der Waals surface area contributed by atoms with Gasteiger partial charge >= 0.3 is 0 Å². The molecule has 4 heteroatoms. The van der Waals surface area contributed by atoms with Crippen LogP contribution in [0.1, 0.15) is 42.9 Å². The third kappa shape index (κ3) is 2.74. The second-order valence-electron chi connectivity index (χ2n) is 8.39. The van der Waals surface area contributed by atoms with E-state index in [1.54, 1.807) is 13.2 Å². The number of methoxy groups -OCH3 is 1. The summed E-state index contributed by atoms with van der Waals surface area (Å²) in [6.45, 7) is 17.1. The number of aliphatic hydroxyl groups excluding tert-OH is 1. The first-order valence-corrected chi connectivity index (χ1v) is 9.95. The highest BCUT2D eigenvalue weighted by Gasteiger charge is 2.43. The number of rotatable bonds is 6. The third-order valence-corrected chi connectivity index (χ3v) is 6.38. The average molecular weight is 389 g/mol. The number of ether oxygens (including phenoxy) is 1. The summed E-state index contributed by atoms with van der Waals surface area (Å²) in [4.78, 5) is 4.79. The number of benzene rings is 1. The van der Waals surface area contributed by atoms with Crippen molar-refractivity contribution in [3.8, 4) is 0 Å². The van der Waals surface area contributed by atoms with Gasteiger partial charge in [0.25, 0.3) is 0 Å². The Labute approximate surface area is 172 Å². The summed E-state index contributed by atoms with van der Waals surface area (Å²) < 4.78 is 5.35. The first kappa shape index (κ1) is 19.5. The van der Waals surface area contributed by atoms with Gasteiger partial charge in [0.05, 0.1) is 11.6 Å². The minimum absolute atomic E-state index is 0.00983. The van der Waals surface area contributed by atoms with Crippen LogP contribution < -0.4 is 5.32 Å². The zero-order chi connectivity index (χ0) is 20.9. The molecule has 0 amide bonds. The maximum atomic E-state index is 10.4. The van der Waals surface area contributed by atoms with E-state index in [-0.39, 0.29) is 23.1 Å². The lowest BCUT2D eigenvalue weighted by atomic mass is 9.65. The molecule has 2 aromatic rings. The number of allylic oxidation sites excluding steroid dienone is 3. The van der Waals surface area contributed by atoms with Crippen LogP contribution in [-0.2, 0) is 10.2 Å². The Morgan fingerprint density at radius 2 is 2.10 bits per heavy atom. The Kier molecular flexibility index (Phi) is 4.62. The number of nitrogens with one attached hydrogen (secondary N) is 1. The zero-order valence-electron chi connectivity index (χ0n) is 17.4. The average Bonchev–Trinajstić information content (AvgIpc) is 2.70. The van der Waals surface area contributed by atoms with Crippen LogP contribution in [0.15, 0.2) is 67.1 Å². The number of hydrogen-bond donors (Lipinski definition) is 2. The smallest absolute Gasteiger partial charge is 0.108 e. The van der Waals surface area contributed by atoms with Crippen LogP contribution in [0.25, 0.3) is 16.6 Å². The van der Waals surface area contributed by atoms with Gasteiger partial charge < -0.3 is 15.2 Å². The highest BCUT2D eigenvalue weighted by Crippen LogP contribution is 2.52. The zero-order valence-corrected chi connectivity index (χ0v) is 17.4. The fourth-order valence-electron chi connectivity index (χ4n) is 5.03. The van der Waals surface area contributed by atoms with Crippen LogP contribution in [0.2, 0.25) is 0 Å². The molecule has 0 bridgehead atoms. The van der Waals surface area contributed by atoms with Crippen molar-refractivity contribution in [2.75, 3.05) is 13.7 Å². The van der Waals surface area contributed by atoms with Gasteiger partial charge in [-0.1, -0.05) is 51.8 Å². The maximum Gasteiger partial charge on any atom is 0.108 e. The highest BCUT2D eigenvalue weighted by molar-refractivity contribution is 6.01. The van der Waals surface area contributed by atoms with E-state index in [1.165, 1.54) is 10.9 Å². The molecule has 2 unspecified atom stereocenters. The topological polar surface area (TPSA) is 54.4 Å². The third-order valence-electron chi connectivity index (χ3n) is 6.38. The van der Waals surface area contributed by atoms with E-state index in [0.29, 0.717) is 6.61 Å². The quantitative estimate of drug-likeness (QED) is 0.531. The van der Waals surface area contributed by atoms with Crippen molar-refractivity contribution in [2.24, 2.45) is 0 Å². The lowest BCUT2D eigenvalue weighted by molar-refractivity contribution is 0.179. The fraction of sp³-hybridized carbons (Fsp3) is 0.320. The summed E-state index contributed by atoms with van der Waals surface area (Å²) >= 11 is 0. The predicted molar refractivity (Wildman–Crippen MR) is 119 cm³/mol. The standard InChI is InChI=1S/C25H28N2O2/c1-7-14(2)22-24-20-17(16(11-12-29-6)23(27-24)15(3)28)13-26-19-10-8-9-18(21(19)20)25(22,4)5/h7-10,13,16,23,27-28H,1-3,11-12H2,4-6H3. The molecule has 0 radical (unpaired) electrons. The van der Waals surface area contributed by atoms with Crippen molar-refractivity contribution in [3.05, 3.63) is 83.8 Å². The van der Waals surface area contributed by atoms with Gasteiger partial charge in [-0.15, -0.1) is 0 Å². The summed E-state index contributed by atoms with van der Waals surface area (Å²) in [5, 5.41) is 15.2. The molecule has 0 fully saturated rings. The minimum Gasteiger partial charge on any atom is -0.511 e. The fourth-order valence-corrected chi connectivity index (χ4v) is 5.03. The van der Waals surface area contributed by atoms with Crippen LogP contribution in [0.3, 0.4) is 0 Å². The lowest BCUT2D eigenvalue weighted by Gasteiger charge is -2.44. The normalized spacial score (nSPS) is 21.6. The van der Waals surface area contributed by atoms with E-state index >= 15 is 0 Å². The van der Waals surface area contributed by atoms with Gasteiger partial charge in [0.2, 0.25) is 0 Å². The van der Waals surface area contributed by atoms with Crippen molar-refractivity contribution in [3.63, 3.8) is 0 Å². The molecule has 150 valence electrons. The monoisotopic (exact) mass is 388 g/mol. The SMILES string of the molecule is C=CC(=C)C1=C2NC(C(=C)O)C(CCOC)c3cnc4cccc(c4c32)C1(C)C. The van der Waals surface area contributed by atoms with Crippen molar-refractivity contribution in [2.45, 2.75) is 37.6 Å². The Hall–Kier alpha value is -2.85. The molecule has 29 heavy (non-hydrogen) atoms. The van der Waals surface area contributed by atoms with E-state index in [4.69, 9.17) is 9.72 Å². The Balaban J connectivity index is 2.12. The molecular formula is C25H28N2O2. The summed E-state index contributed by atoms with van der Waals surface area (Å²) in [7, 11) is 1.69. The van der Waals surface area contributed by atoms with Crippen LogP contribution >= 0.6 is 0 Å².